The quantitative estimate of drug-likeness (QED) is 0.941. The molecule has 1 aliphatic rings. The second-order valence-corrected chi connectivity index (χ2v) is 6.30. The minimum absolute atomic E-state index is 0.107. The van der Waals surface area contributed by atoms with Crippen molar-refractivity contribution in [2.45, 2.75) is 25.9 Å². The number of hydrogen-bond donors (Lipinski definition) is 1. The van der Waals surface area contributed by atoms with E-state index in [9.17, 15) is 9.90 Å². The van der Waals surface area contributed by atoms with Crippen LogP contribution in [0.4, 0.5) is 0 Å². The minimum atomic E-state index is -0.438. The van der Waals surface area contributed by atoms with Crippen LogP contribution in [-0.2, 0) is 0 Å². The Morgan fingerprint density at radius 1 is 1.04 bits per heavy atom. The zero-order valence-electron chi connectivity index (χ0n) is 13.5. The van der Waals surface area contributed by atoms with Gasteiger partial charge in [-0.2, -0.15) is 0 Å². The number of rotatable bonds is 3. The fourth-order valence-electron chi connectivity index (χ4n) is 3.32. The molecule has 3 heteroatoms. The number of amides is 1. The normalized spacial score (nSPS) is 17.0. The van der Waals surface area contributed by atoms with E-state index in [4.69, 9.17) is 0 Å². The number of likely N-dealkylation sites (tertiary alicyclic amines) is 1. The molecule has 120 valence electrons. The van der Waals surface area contributed by atoms with Gasteiger partial charge >= 0.3 is 0 Å². The molecule has 2 aromatic rings. The van der Waals surface area contributed by atoms with Crippen LogP contribution in [0.2, 0.25) is 0 Å². The van der Waals surface area contributed by atoms with Crippen LogP contribution in [0, 0.1) is 12.8 Å². The molecule has 3 nitrogen and oxygen atoms in total. The Hall–Kier alpha value is -2.13. The van der Waals surface area contributed by atoms with Crippen LogP contribution < -0.4 is 0 Å². The lowest BCUT2D eigenvalue weighted by Gasteiger charge is -2.34. The van der Waals surface area contributed by atoms with Crippen molar-refractivity contribution in [2.24, 2.45) is 5.92 Å². The maximum Gasteiger partial charge on any atom is 0.254 e. The lowest BCUT2D eigenvalue weighted by Crippen LogP contribution is -2.40. The SMILES string of the molecule is Cc1ccccc1C(=O)N1CCC([C@H](O)c2ccccc2)CC1. The molecule has 1 aliphatic heterocycles. The largest absolute Gasteiger partial charge is 0.388 e. The minimum Gasteiger partial charge on any atom is -0.388 e. The molecule has 0 radical (unpaired) electrons. The Morgan fingerprint density at radius 3 is 2.30 bits per heavy atom. The Balaban J connectivity index is 1.62. The van der Waals surface area contributed by atoms with Gasteiger partial charge < -0.3 is 10.0 Å². The topological polar surface area (TPSA) is 40.5 Å². The highest BCUT2D eigenvalue weighted by atomic mass is 16.3. The first kappa shape index (κ1) is 15.8. The number of hydrogen-bond acceptors (Lipinski definition) is 2. The van der Waals surface area contributed by atoms with Crippen molar-refractivity contribution < 1.29 is 9.90 Å². The maximum absolute atomic E-state index is 12.6. The van der Waals surface area contributed by atoms with E-state index in [1.165, 1.54) is 0 Å². The zero-order chi connectivity index (χ0) is 16.2. The number of carbonyl (C=O) groups is 1. The van der Waals surface area contributed by atoms with Gasteiger partial charge in [0, 0.05) is 18.7 Å². The summed E-state index contributed by atoms with van der Waals surface area (Å²) in [5, 5.41) is 10.5. The molecule has 1 fully saturated rings. The van der Waals surface area contributed by atoms with E-state index in [2.05, 4.69) is 0 Å². The van der Waals surface area contributed by atoms with Crippen molar-refractivity contribution in [1.29, 1.82) is 0 Å². The summed E-state index contributed by atoms with van der Waals surface area (Å²) in [6.45, 7) is 3.39. The predicted molar refractivity (Wildman–Crippen MR) is 91.2 cm³/mol. The molecule has 1 atom stereocenters. The summed E-state index contributed by atoms with van der Waals surface area (Å²) in [6.07, 6.45) is 1.24. The van der Waals surface area contributed by atoms with Crippen molar-refractivity contribution in [2.75, 3.05) is 13.1 Å². The molecule has 3 rings (SSSR count). The van der Waals surface area contributed by atoms with Gasteiger partial charge in [0.2, 0.25) is 0 Å². The van der Waals surface area contributed by atoms with Crippen LogP contribution in [0.15, 0.2) is 54.6 Å². The molecule has 0 spiro atoms. The Bertz CT molecular complexity index is 660. The smallest absolute Gasteiger partial charge is 0.254 e. The highest BCUT2D eigenvalue weighted by molar-refractivity contribution is 5.95. The van der Waals surface area contributed by atoms with E-state index < -0.39 is 6.10 Å². The first-order valence-electron chi connectivity index (χ1n) is 8.24. The van der Waals surface area contributed by atoms with Crippen LogP contribution in [0.1, 0.15) is 40.4 Å². The molecule has 1 N–H and O–H groups in total. The van der Waals surface area contributed by atoms with Gasteiger partial charge in [-0.05, 0) is 42.9 Å². The van der Waals surface area contributed by atoms with Crippen LogP contribution in [-0.4, -0.2) is 29.0 Å². The summed E-state index contributed by atoms with van der Waals surface area (Å²) >= 11 is 0. The highest BCUT2D eigenvalue weighted by Gasteiger charge is 2.28. The third kappa shape index (κ3) is 3.45. The maximum atomic E-state index is 12.6. The summed E-state index contributed by atoms with van der Waals surface area (Å²) in [6, 6.07) is 17.5. The zero-order valence-corrected chi connectivity index (χ0v) is 13.5. The second-order valence-electron chi connectivity index (χ2n) is 6.30. The molecular weight excluding hydrogens is 286 g/mol. The number of benzene rings is 2. The van der Waals surface area contributed by atoms with Crippen molar-refractivity contribution in [3.05, 3.63) is 71.3 Å². The highest BCUT2D eigenvalue weighted by Crippen LogP contribution is 2.31. The van der Waals surface area contributed by atoms with Crippen molar-refractivity contribution in [3.63, 3.8) is 0 Å². The fourth-order valence-corrected chi connectivity index (χ4v) is 3.32. The van der Waals surface area contributed by atoms with Crippen molar-refractivity contribution in [1.82, 2.24) is 4.90 Å². The molecule has 0 bridgehead atoms. The number of aliphatic hydroxyl groups is 1. The lowest BCUT2D eigenvalue weighted by molar-refractivity contribution is 0.0462. The average Bonchev–Trinajstić information content (AvgIpc) is 2.62. The number of piperidine rings is 1. The molecule has 0 aromatic heterocycles. The van der Waals surface area contributed by atoms with E-state index in [0.717, 1.165) is 29.5 Å². The van der Waals surface area contributed by atoms with Gasteiger partial charge in [0.1, 0.15) is 0 Å². The Morgan fingerprint density at radius 2 is 1.65 bits per heavy atom. The molecule has 1 saturated heterocycles. The van der Waals surface area contributed by atoms with Crippen LogP contribution in [0.5, 0.6) is 0 Å². The van der Waals surface area contributed by atoms with Crippen molar-refractivity contribution in [3.8, 4) is 0 Å². The number of carbonyl (C=O) groups excluding carboxylic acids is 1. The summed E-state index contributed by atoms with van der Waals surface area (Å²) in [5.41, 5.74) is 2.77. The fraction of sp³-hybridized carbons (Fsp3) is 0.350. The number of aliphatic hydroxyl groups excluding tert-OH is 1. The van der Waals surface area contributed by atoms with Gasteiger partial charge in [-0.25, -0.2) is 0 Å². The molecule has 2 aromatic carbocycles. The lowest BCUT2D eigenvalue weighted by atomic mass is 9.87. The van der Waals surface area contributed by atoms with Gasteiger partial charge in [-0.15, -0.1) is 0 Å². The summed E-state index contributed by atoms with van der Waals surface area (Å²) in [5.74, 6) is 0.328. The molecule has 23 heavy (non-hydrogen) atoms. The summed E-state index contributed by atoms with van der Waals surface area (Å²) < 4.78 is 0. The van der Waals surface area contributed by atoms with Gasteiger partial charge in [0.25, 0.3) is 5.91 Å². The molecule has 0 unspecified atom stereocenters. The first-order valence-corrected chi connectivity index (χ1v) is 8.24. The van der Waals surface area contributed by atoms with E-state index in [1.807, 2.05) is 66.4 Å². The van der Waals surface area contributed by atoms with E-state index in [0.29, 0.717) is 13.1 Å². The molecule has 1 amide bonds. The van der Waals surface area contributed by atoms with Gasteiger partial charge in [0.15, 0.2) is 0 Å². The van der Waals surface area contributed by atoms with Crippen molar-refractivity contribution >= 4 is 5.91 Å². The number of nitrogens with zero attached hydrogens (tertiary/aromatic N) is 1. The van der Waals surface area contributed by atoms with E-state index in [-0.39, 0.29) is 11.8 Å². The summed E-state index contributed by atoms with van der Waals surface area (Å²) in [7, 11) is 0. The van der Waals surface area contributed by atoms with Gasteiger partial charge in [-0.1, -0.05) is 48.5 Å². The molecule has 0 saturated carbocycles. The second kappa shape index (κ2) is 6.97. The monoisotopic (exact) mass is 309 g/mol. The third-order valence-corrected chi connectivity index (χ3v) is 4.79. The third-order valence-electron chi connectivity index (χ3n) is 4.79. The van der Waals surface area contributed by atoms with Crippen LogP contribution in [0.25, 0.3) is 0 Å². The van der Waals surface area contributed by atoms with E-state index >= 15 is 0 Å². The average molecular weight is 309 g/mol. The van der Waals surface area contributed by atoms with Gasteiger partial charge in [0.05, 0.1) is 6.10 Å². The first-order chi connectivity index (χ1) is 11.2. The van der Waals surface area contributed by atoms with Crippen LogP contribution in [0.3, 0.4) is 0 Å². The van der Waals surface area contributed by atoms with E-state index in [1.54, 1.807) is 0 Å². The predicted octanol–water partition coefficient (Wildman–Crippen LogP) is 3.58. The molecular formula is C20H23NO2. The van der Waals surface area contributed by atoms with Gasteiger partial charge in [-0.3, -0.25) is 4.79 Å². The molecule has 0 aliphatic carbocycles. The molecule has 1 heterocycles. The van der Waals surface area contributed by atoms with Crippen LogP contribution >= 0.6 is 0 Å². The summed E-state index contributed by atoms with van der Waals surface area (Å²) in [4.78, 5) is 14.5. The Kier molecular flexibility index (Phi) is 4.77. The Labute approximate surface area is 137 Å². The standard InChI is InChI=1S/C20H23NO2/c1-15-7-5-6-10-18(15)20(23)21-13-11-17(12-14-21)19(22)16-8-3-2-4-9-16/h2-10,17,19,22H,11-14H2,1H3/t19-/m1/s1. The number of aryl methyl sites for hydroxylation is 1.